The van der Waals surface area contributed by atoms with Crippen LogP contribution in [0.15, 0.2) is 46.3 Å². The van der Waals surface area contributed by atoms with Crippen LogP contribution in [0.3, 0.4) is 0 Å². The van der Waals surface area contributed by atoms with E-state index in [1.54, 1.807) is 0 Å². The molecule has 2 heterocycles. The summed E-state index contributed by atoms with van der Waals surface area (Å²) in [6.45, 7) is 17.9. The maximum absolute atomic E-state index is 2.36. The number of hydrogen-bond donors (Lipinski definition) is 0. The molecule has 0 aromatic heterocycles. The quantitative estimate of drug-likeness (QED) is 0.431. The standard InChI is InChI=1S/C10H16.2C6H10S/c1-7-5-9(3)10(4)6-8(7)2;2*1-5-3-4-7-6(5)2/h5-8H,1-4H3;2*3-6H,1-2H3. The van der Waals surface area contributed by atoms with Crippen molar-refractivity contribution in [3.8, 4) is 0 Å². The first-order valence-electron chi connectivity index (χ1n) is 9.23. The van der Waals surface area contributed by atoms with Crippen LogP contribution < -0.4 is 0 Å². The van der Waals surface area contributed by atoms with Gasteiger partial charge in [-0.25, -0.2) is 0 Å². The largest absolute Gasteiger partial charge is 0.131 e. The van der Waals surface area contributed by atoms with E-state index in [0.29, 0.717) is 0 Å². The third-order valence-electron chi connectivity index (χ3n) is 5.31. The highest BCUT2D eigenvalue weighted by Gasteiger charge is 2.13. The second-order valence-electron chi connectivity index (χ2n) is 7.48. The molecule has 0 bridgehead atoms. The van der Waals surface area contributed by atoms with E-state index < -0.39 is 0 Å². The van der Waals surface area contributed by atoms with E-state index in [2.05, 4.69) is 90.5 Å². The van der Waals surface area contributed by atoms with Crippen LogP contribution in [-0.2, 0) is 0 Å². The third-order valence-corrected chi connectivity index (χ3v) is 7.65. The van der Waals surface area contributed by atoms with Crippen molar-refractivity contribution in [2.75, 3.05) is 0 Å². The van der Waals surface area contributed by atoms with Crippen LogP contribution in [-0.4, -0.2) is 10.5 Å². The summed E-state index contributed by atoms with van der Waals surface area (Å²) in [4.78, 5) is 0. The highest BCUT2D eigenvalue weighted by molar-refractivity contribution is 8.03. The first-order chi connectivity index (χ1) is 11.2. The molecule has 1 aliphatic carbocycles. The van der Waals surface area contributed by atoms with Crippen molar-refractivity contribution < 1.29 is 0 Å². The monoisotopic (exact) mass is 364 g/mol. The van der Waals surface area contributed by atoms with Crippen molar-refractivity contribution >= 4 is 23.5 Å². The molecule has 0 saturated carbocycles. The lowest BCUT2D eigenvalue weighted by atomic mass is 9.85. The zero-order valence-corrected chi connectivity index (χ0v) is 18.4. The van der Waals surface area contributed by atoms with E-state index in [0.717, 1.165) is 34.2 Å². The summed E-state index contributed by atoms with van der Waals surface area (Å²) < 4.78 is 0. The van der Waals surface area contributed by atoms with Gasteiger partial charge in [0.15, 0.2) is 0 Å². The molecule has 6 unspecified atom stereocenters. The average molecular weight is 365 g/mol. The molecule has 0 N–H and O–H groups in total. The summed E-state index contributed by atoms with van der Waals surface area (Å²) in [5.41, 5.74) is 2.90. The maximum Gasteiger partial charge on any atom is 0.0120 e. The molecule has 2 heteroatoms. The molecule has 0 saturated heterocycles. The minimum absolute atomic E-state index is 0.726. The number of hydrogen-bond acceptors (Lipinski definition) is 2. The molecule has 0 aromatic carbocycles. The summed E-state index contributed by atoms with van der Waals surface area (Å²) in [5.74, 6) is 3.04. The van der Waals surface area contributed by atoms with Crippen molar-refractivity contribution in [3.63, 3.8) is 0 Å². The van der Waals surface area contributed by atoms with Crippen LogP contribution >= 0.6 is 23.5 Å². The molecule has 0 spiro atoms. The molecule has 136 valence electrons. The van der Waals surface area contributed by atoms with Gasteiger partial charge in [-0.1, -0.05) is 77.0 Å². The van der Waals surface area contributed by atoms with Crippen molar-refractivity contribution in [1.82, 2.24) is 0 Å². The Morgan fingerprint density at radius 1 is 0.583 bits per heavy atom. The van der Waals surface area contributed by atoms with Gasteiger partial charge in [0.2, 0.25) is 0 Å². The molecular formula is C22H36S2. The van der Waals surface area contributed by atoms with Crippen LogP contribution in [0, 0.1) is 23.7 Å². The molecule has 0 fully saturated rings. The number of rotatable bonds is 0. The van der Waals surface area contributed by atoms with Crippen LogP contribution in [0.1, 0.15) is 55.4 Å². The van der Waals surface area contributed by atoms with E-state index in [1.165, 1.54) is 11.1 Å². The van der Waals surface area contributed by atoms with Crippen LogP contribution in [0.2, 0.25) is 0 Å². The molecular weight excluding hydrogens is 328 g/mol. The molecule has 0 amide bonds. The minimum atomic E-state index is 0.726. The fourth-order valence-electron chi connectivity index (χ4n) is 2.50. The second-order valence-corrected chi connectivity index (χ2v) is 10.1. The third kappa shape index (κ3) is 7.27. The maximum atomic E-state index is 2.36. The van der Waals surface area contributed by atoms with Gasteiger partial charge in [-0.05, 0) is 48.3 Å². The molecule has 2 aliphatic heterocycles. The first kappa shape index (κ1) is 21.7. The van der Waals surface area contributed by atoms with Gasteiger partial charge in [0, 0.05) is 10.5 Å². The summed E-state index contributed by atoms with van der Waals surface area (Å²) in [7, 11) is 0. The van der Waals surface area contributed by atoms with E-state index in [9.17, 15) is 0 Å². The fourth-order valence-corrected chi connectivity index (χ4v) is 4.35. The normalized spacial score (nSPS) is 37.0. The van der Waals surface area contributed by atoms with Crippen molar-refractivity contribution in [2.24, 2.45) is 23.7 Å². The summed E-state index contributed by atoms with van der Waals surface area (Å²) >= 11 is 3.85. The highest BCUT2D eigenvalue weighted by atomic mass is 32.2. The molecule has 24 heavy (non-hydrogen) atoms. The predicted molar refractivity (Wildman–Crippen MR) is 117 cm³/mol. The molecule has 0 radical (unpaired) electrons. The fraction of sp³-hybridized carbons (Fsp3) is 0.636. The Bertz CT molecular complexity index is 452. The lowest BCUT2D eigenvalue weighted by molar-refractivity contribution is 0.544. The predicted octanol–water partition coefficient (Wildman–Crippen LogP) is 7.71. The Morgan fingerprint density at radius 2 is 0.917 bits per heavy atom. The number of thioether (sulfide) groups is 2. The lowest BCUT2D eigenvalue weighted by Crippen LogP contribution is -2.08. The SMILES string of the molecule is CC1=CC(C)C(C)C=C1C.CC1C=CSC1C.CC1C=CSC1C. The molecule has 0 aromatic rings. The molecule has 0 nitrogen and oxygen atoms in total. The van der Waals surface area contributed by atoms with Crippen molar-refractivity contribution in [1.29, 1.82) is 0 Å². The Balaban J connectivity index is 0.000000185. The Kier molecular flexibility index (Phi) is 9.59. The van der Waals surface area contributed by atoms with Crippen LogP contribution in [0.25, 0.3) is 0 Å². The Hall–Kier alpha value is -0.340. The van der Waals surface area contributed by atoms with E-state index in [4.69, 9.17) is 0 Å². The Morgan fingerprint density at radius 3 is 1.08 bits per heavy atom. The van der Waals surface area contributed by atoms with Gasteiger partial charge in [0.25, 0.3) is 0 Å². The first-order valence-corrected chi connectivity index (χ1v) is 11.1. The zero-order chi connectivity index (χ0) is 18.3. The van der Waals surface area contributed by atoms with Gasteiger partial charge in [-0.15, -0.1) is 23.5 Å². The minimum Gasteiger partial charge on any atom is -0.131 e. The molecule has 3 aliphatic rings. The van der Waals surface area contributed by atoms with Crippen LogP contribution in [0.4, 0.5) is 0 Å². The van der Waals surface area contributed by atoms with E-state index in [1.807, 2.05) is 23.5 Å². The Labute approximate surface area is 159 Å². The van der Waals surface area contributed by atoms with Gasteiger partial charge in [-0.2, -0.15) is 0 Å². The van der Waals surface area contributed by atoms with Gasteiger partial charge in [0.05, 0.1) is 0 Å². The van der Waals surface area contributed by atoms with Crippen molar-refractivity contribution in [2.45, 2.75) is 65.9 Å². The highest BCUT2D eigenvalue weighted by Crippen LogP contribution is 2.29. The van der Waals surface area contributed by atoms with E-state index in [-0.39, 0.29) is 0 Å². The molecule has 6 atom stereocenters. The smallest absolute Gasteiger partial charge is 0.0120 e. The zero-order valence-electron chi connectivity index (χ0n) is 16.7. The summed E-state index contributed by atoms with van der Waals surface area (Å²) in [6, 6.07) is 0. The van der Waals surface area contributed by atoms with Crippen LogP contribution in [0.5, 0.6) is 0 Å². The van der Waals surface area contributed by atoms with Gasteiger partial charge in [0.1, 0.15) is 0 Å². The van der Waals surface area contributed by atoms with Crippen molar-refractivity contribution in [3.05, 3.63) is 46.3 Å². The topological polar surface area (TPSA) is 0 Å². The van der Waals surface area contributed by atoms with Gasteiger partial charge < -0.3 is 0 Å². The van der Waals surface area contributed by atoms with Gasteiger partial charge >= 0.3 is 0 Å². The number of allylic oxidation sites excluding steroid dienone is 6. The van der Waals surface area contributed by atoms with E-state index >= 15 is 0 Å². The summed E-state index contributed by atoms with van der Waals surface area (Å²) in [5, 5.41) is 6.02. The molecule has 3 rings (SSSR count). The average Bonchev–Trinajstić information content (AvgIpc) is 3.07. The summed E-state index contributed by atoms with van der Waals surface area (Å²) in [6.07, 6.45) is 9.24. The van der Waals surface area contributed by atoms with Gasteiger partial charge in [-0.3, -0.25) is 0 Å². The second kappa shape index (κ2) is 10.6. The lowest BCUT2D eigenvalue weighted by Gasteiger charge is -2.20.